The van der Waals surface area contributed by atoms with Crippen molar-refractivity contribution >= 4 is 27.3 Å². The molecule has 1 aromatic heterocycles. The summed E-state index contributed by atoms with van der Waals surface area (Å²) in [6, 6.07) is 1.74. The van der Waals surface area contributed by atoms with Crippen LogP contribution >= 0.6 is 11.3 Å². The van der Waals surface area contributed by atoms with E-state index in [9.17, 15) is 13.2 Å². The quantitative estimate of drug-likeness (QED) is 0.508. The van der Waals surface area contributed by atoms with Crippen molar-refractivity contribution in [1.29, 1.82) is 0 Å². The van der Waals surface area contributed by atoms with E-state index in [4.69, 9.17) is 5.11 Å². The average Bonchev–Trinajstić information content (AvgIpc) is 2.75. The van der Waals surface area contributed by atoms with Crippen LogP contribution in [-0.2, 0) is 10.0 Å². The average molecular weight is 330 g/mol. The predicted octanol–water partition coefficient (Wildman–Crippen LogP) is 0.0694. The van der Waals surface area contributed by atoms with Crippen molar-refractivity contribution < 1.29 is 18.3 Å². The van der Waals surface area contributed by atoms with Crippen molar-refractivity contribution in [3.05, 3.63) is 21.4 Å². The van der Waals surface area contributed by atoms with E-state index in [1.807, 2.05) is 6.92 Å². The van der Waals surface area contributed by atoms with Gasteiger partial charge in [0.05, 0.1) is 22.6 Å². The Morgan fingerprint density at radius 3 is 2.76 bits per heavy atom. The molecule has 0 radical (unpaired) electrons. The lowest BCUT2D eigenvalue weighted by Gasteiger charge is -2.03. The third-order valence-electron chi connectivity index (χ3n) is 2.36. The van der Waals surface area contributed by atoms with E-state index < -0.39 is 10.0 Å². The standard InChI is InChI=1S/C13H18N2O4S2/c1-10-9-12(20-11(10)5-3-4-8-16)13(17)14-6-7-15-21(2,18)19/h9,15-16H,4,6-8H2,1-2H3,(H,14,17). The number of hydrogen-bond donors (Lipinski definition) is 3. The number of carbonyl (C=O) groups excluding carboxylic acids is 1. The molecule has 1 aromatic rings. The molecule has 0 bridgehead atoms. The first-order chi connectivity index (χ1) is 9.83. The summed E-state index contributed by atoms with van der Waals surface area (Å²) in [7, 11) is -3.24. The van der Waals surface area contributed by atoms with Gasteiger partial charge in [-0.1, -0.05) is 11.8 Å². The molecule has 0 aliphatic heterocycles. The van der Waals surface area contributed by atoms with Gasteiger partial charge in [0.25, 0.3) is 5.91 Å². The lowest BCUT2D eigenvalue weighted by atomic mass is 10.2. The van der Waals surface area contributed by atoms with E-state index in [2.05, 4.69) is 21.9 Å². The molecule has 1 amide bonds. The molecule has 0 fully saturated rings. The van der Waals surface area contributed by atoms with Gasteiger partial charge >= 0.3 is 0 Å². The Kier molecular flexibility index (Phi) is 6.84. The van der Waals surface area contributed by atoms with Gasteiger partial charge in [0, 0.05) is 19.5 Å². The SMILES string of the molecule is Cc1cc(C(=O)NCCNS(C)(=O)=O)sc1C#CCCO. The first-order valence-corrected chi connectivity index (χ1v) is 8.97. The van der Waals surface area contributed by atoms with Gasteiger partial charge in [-0.3, -0.25) is 4.79 Å². The zero-order valence-corrected chi connectivity index (χ0v) is 13.5. The lowest BCUT2D eigenvalue weighted by molar-refractivity contribution is 0.0958. The second-order valence-corrected chi connectivity index (χ2v) is 7.21. The summed E-state index contributed by atoms with van der Waals surface area (Å²) >= 11 is 1.28. The number of aryl methyl sites for hydroxylation is 1. The van der Waals surface area contributed by atoms with Crippen LogP contribution < -0.4 is 10.0 Å². The maximum Gasteiger partial charge on any atom is 0.261 e. The van der Waals surface area contributed by atoms with Crippen LogP contribution in [-0.4, -0.2) is 45.4 Å². The molecule has 116 valence electrons. The summed E-state index contributed by atoms with van der Waals surface area (Å²) in [5.41, 5.74) is 0.907. The van der Waals surface area contributed by atoms with Gasteiger partial charge in [0.15, 0.2) is 0 Å². The third kappa shape index (κ3) is 6.73. The van der Waals surface area contributed by atoms with Gasteiger partial charge in [-0.05, 0) is 18.6 Å². The van der Waals surface area contributed by atoms with Crippen LogP contribution in [0.15, 0.2) is 6.07 Å². The van der Waals surface area contributed by atoms with Crippen LogP contribution in [0.3, 0.4) is 0 Å². The highest BCUT2D eigenvalue weighted by atomic mass is 32.2. The fourth-order valence-electron chi connectivity index (χ4n) is 1.42. The largest absolute Gasteiger partial charge is 0.395 e. The molecule has 1 rings (SSSR count). The summed E-state index contributed by atoms with van der Waals surface area (Å²) in [5, 5.41) is 11.3. The van der Waals surface area contributed by atoms with Crippen molar-refractivity contribution in [3.8, 4) is 11.8 Å². The molecule has 8 heteroatoms. The summed E-state index contributed by atoms with van der Waals surface area (Å²) in [4.78, 5) is 13.2. The molecule has 0 saturated heterocycles. The van der Waals surface area contributed by atoms with E-state index in [0.29, 0.717) is 11.3 Å². The number of carbonyl (C=O) groups is 1. The van der Waals surface area contributed by atoms with Crippen LogP contribution in [0.4, 0.5) is 0 Å². The highest BCUT2D eigenvalue weighted by molar-refractivity contribution is 7.88. The highest BCUT2D eigenvalue weighted by Crippen LogP contribution is 2.20. The monoisotopic (exact) mass is 330 g/mol. The molecule has 3 N–H and O–H groups in total. The van der Waals surface area contributed by atoms with Crippen molar-refractivity contribution in [1.82, 2.24) is 10.0 Å². The molecular weight excluding hydrogens is 312 g/mol. The predicted molar refractivity (Wildman–Crippen MR) is 82.8 cm³/mol. The summed E-state index contributed by atoms with van der Waals surface area (Å²) in [6.07, 6.45) is 1.46. The van der Waals surface area contributed by atoms with Gasteiger partial charge in [-0.2, -0.15) is 0 Å². The molecule has 6 nitrogen and oxygen atoms in total. The second-order valence-electron chi connectivity index (χ2n) is 4.32. The maximum absolute atomic E-state index is 11.9. The van der Waals surface area contributed by atoms with Gasteiger partial charge < -0.3 is 10.4 Å². The van der Waals surface area contributed by atoms with Crippen LogP contribution in [0.1, 0.15) is 26.5 Å². The van der Waals surface area contributed by atoms with Gasteiger partial charge in [0.1, 0.15) is 0 Å². The van der Waals surface area contributed by atoms with Crippen LogP contribution in [0.2, 0.25) is 0 Å². The Hall–Kier alpha value is -1.40. The van der Waals surface area contributed by atoms with Crippen LogP contribution in [0.25, 0.3) is 0 Å². The molecule has 0 atom stereocenters. The minimum Gasteiger partial charge on any atom is -0.395 e. The smallest absolute Gasteiger partial charge is 0.261 e. The van der Waals surface area contributed by atoms with Crippen molar-refractivity contribution in [3.63, 3.8) is 0 Å². The maximum atomic E-state index is 11.9. The summed E-state index contributed by atoms with van der Waals surface area (Å²) < 4.78 is 24.0. The number of aliphatic hydroxyl groups excluding tert-OH is 1. The minimum atomic E-state index is -3.24. The van der Waals surface area contributed by atoms with E-state index in [-0.39, 0.29) is 25.6 Å². The molecule has 0 saturated carbocycles. The fraction of sp³-hybridized carbons (Fsp3) is 0.462. The molecule has 0 spiro atoms. The fourth-order valence-corrected chi connectivity index (χ4v) is 2.85. The van der Waals surface area contributed by atoms with E-state index in [0.717, 1.165) is 16.7 Å². The van der Waals surface area contributed by atoms with Crippen LogP contribution in [0, 0.1) is 18.8 Å². The van der Waals surface area contributed by atoms with E-state index >= 15 is 0 Å². The van der Waals surface area contributed by atoms with E-state index in [1.165, 1.54) is 11.3 Å². The minimum absolute atomic E-state index is 0.0120. The number of rotatable bonds is 6. The summed E-state index contributed by atoms with van der Waals surface area (Å²) in [5.74, 6) is 5.47. The Labute approximate surface area is 128 Å². The lowest BCUT2D eigenvalue weighted by Crippen LogP contribution is -2.33. The topological polar surface area (TPSA) is 95.5 Å². The third-order valence-corrected chi connectivity index (χ3v) is 4.23. The molecule has 0 aliphatic carbocycles. The number of hydrogen-bond acceptors (Lipinski definition) is 5. The zero-order chi connectivity index (χ0) is 15.9. The van der Waals surface area contributed by atoms with E-state index in [1.54, 1.807) is 6.07 Å². The van der Waals surface area contributed by atoms with Crippen molar-refractivity contribution in [2.24, 2.45) is 0 Å². The molecule has 0 aromatic carbocycles. The number of nitrogens with one attached hydrogen (secondary N) is 2. The van der Waals surface area contributed by atoms with Gasteiger partial charge in [0.2, 0.25) is 10.0 Å². The highest BCUT2D eigenvalue weighted by Gasteiger charge is 2.11. The molecule has 0 aliphatic rings. The van der Waals surface area contributed by atoms with Crippen molar-refractivity contribution in [2.75, 3.05) is 26.0 Å². The summed E-state index contributed by atoms with van der Waals surface area (Å²) in [6.45, 7) is 2.24. The molecular formula is C13H18N2O4S2. The number of sulfonamides is 1. The molecule has 1 heterocycles. The Morgan fingerprint density at radius 2 is 2.14 bits per heavy atom. The number of aliphatic hydroxyl groups is 1. The normalized spacial score (nSPS) is 10.8. The first-order valence-electron chi connectivity index (χ1n) is 6.26. The molecule has 21 heavy (non-hydrogen) atoms. The number of thiophene rings is 1. The van der Waals surface area contributed by atoms with Gasteiger partial charge in [-0.25, -0.2) is 13.1 Å². The van der Waals surface area contributed by atoms with Crippen molar-refractivity contribution in [2.45, 2.75) is 13.3 Å². The Bertz CT molecular complexity index is 653. The molecule has 0 unspecified atom stereocenters. The Morgan fingerprint density at radius 1 is 1.43 bits per heavy atom. The number of amides is 1. The second kappa shape index (κ2) is 8.14. The zero-order valence-electron chi connectivity index (χ0n) is 11.9. The first kappa shape index (κ1) is 17.7. The van der Waals surface area contributed by atoms with Crippen LogP contribution in [0.5, 0.6) is 0 Å². The van der Waals surface area contributed by atoms with Gasteiger partial charge in [-0.15, -0.1) is 11.3 Å². The Balaban J connectivity index is 2.56.